The van der Waals surface area contributed by atoms with Crippen molar-refractivity contribution in [3.8, 4) is 17.1 Å². The Bertz CT molecular complexity index is 5990. The van der Waals surface area contributed by atoms with Crippen molar-refractivity contribution in [1.29, 1.82) is 0 Å². The number of carboxylic acid groups (broad SMARTS) is 2. The highest BCUT2D eigenvalue weighted by molar-refractivity contribution is 6.67. The van der Waals surface area contributed by atoms with Crippen molar-refractivity contribution in [3.05, 3.63) is 334 Å². The number of para-hydroxylation sites is 4. The number of alkyl halides is 2. The van der Waals surface area contributed by atoms with E-state index in [1.807, 2.05) is 213 Å². The number of nitrogen functional groups attached to an aromatic ring is 4. The van der Waals surface area contributed by atoms with E-state index >= 15 is 0 Å². The molecule has 0 aliphatic rings. The first kappa shape index (κ1) is 104. The fourth-order valence-corrected chi connectivity index (χ4v) is 12.2. The Morgan fingerprint density at radius 3 is 1.06 bits per heavy atom. The molecular weight excluding hydrogens is 1610 g/mol. The lowest BCUT2D eigenvalue weighted by Crippen LogP contribution is -2.31. The molecular formula is C92H108Cl3N17O10. The van der Waals surface area contributed by atoms with Gasteiger partial charge in [0.1, 0.15) is 17.5 Å². The zero-order valence-electron chi connectivity index (χ0n) is 64.7. The van der Waals surface area contributed by atoms with Crippen LogP contribution < -0.4 is 56.0 Å². The van der Waals surface area contributed by atoms with E-state index in [-0.39, 0.29) is 121 Å². The molecule has 0 unspecified atom stereocenters. The number of amides is 2. The smallest absolute Gasteiger partial charge is 0.358 e. The minimum absolute atomic E-state index is 0. The number of hydrogen-bond donors (Lipinski definition) is 9. The van der Waals surface area contributed by atoms with Gasteiger partial charge < -0.3 is 49.5 Å². The molecule has 14 rings (SSSR count). The molecule has 0 aliphatic carbocycles. The van der Waals surface area contributed by atoms with Crippen LogP contribution in [0.3, 0.4) is 0 Å². The number of aromatic nitrogens is 10. The van der Waals surface area contributed by atoms with Gasteiger partial charge in [-0.2, -0.15) is 0 Å². The lowest BCUT2D eigenvalue weighted by molar-refractivity contribution is -0.109. The second-order valence-electron chi connectivity index (χ2n) is 25.8. The second-order valence-corrected chi connectivity index (χ2v) is 26.8. The second kappa shape index (κ2) is 48.9. The molecule has 0 fully saturated rings. The zero-order chi connectivity index (χ0) is 84.6. The van der Waals surface area contributed by atoms with Crippen molar-refractivity contribution >= 4 is 125 Å². The van der Waals surface area contributed by atoms with Crippen LogP contribution in [0.15, 0.2) is 227 Å². The van der Waals surface area contributed by atoms with Gasteiger partial charge in [0.15, 0.2) is 23.0 Å². The van der Waals surface area contributed by atoms with Crippen molar-refractivity contribution < 1.29 is 34.2 Å². The maximum Gasteiger partial charge on any atom is 0.358 e. The van der Waals surface area contributed by atoms with Gasteiger partial charge >= 0.3 is 11.9 Å². The van der Waals surface area contributed by atoms with Gasteiger partial charge in [-0.25, -0.2) is 44.5 Å². The summed E-state index contributed by atoms with van der Waals surface area (Å²) >= 11 is 15.6. The van der Waals surface area contributed by atoms with E-state index in [4.69, 9.17) is 73.7 Å². The molecule has 0 radical (unpaired) electrons. The lowest BCUT2D eigenvalue weighted by Gasteiger charge is -2.16. The minimum atomic E-state index is -1.16. The molecule has 5 heterocycles. The number of carbonyl (C=O) groups is 5. The first-order valence-electron chi connectivity index (χ1n) is 35.6. The summed E-state index contributed by atoms with van der Waals surface area (Å²) in [7, 11) is 0. The highest BCUT2D eigenvalue weighted by Crippen LogP contribution is 2.25. The molecule has 30 heteroatoms. The number of rotatable bonds is 13. The summed E-state index contributed by atoms with van der Waals surface area (Å²) in [6.07, 6.45) is 5.42. The van der Waals surface area contributed by atoms with Gasteiger partial charge in [0.2, 0.25) is 5.24 Å². The van der Waals surface area contributed by atoms with Crippen molar-refractivity contribution in [2.45, 2.75) is 126 Å². The molecule has 0 saturated carbocycles. The van der Waals surface area contributed by atoms with E-state index in [2.05, 4.69) is 45.5 Å². The fourth-order valence-electron chi connectivity index (χ4n) is 12.0. The summed E-state index contributed by atoms with van der Waals surface area (Å²) in [6.45, 7) is 17.4. The number of anilines is 5. The first-order chi connectivity index (χ1) is 55.4. The Morgan fingerprint density at radius 1 is 0.385 bits per heavy atom. The SMILES string of the molecule is C.C.C.C.C.C.Cc1cccc(N)c1C(=O)O.Cc1ccccc1-n1c(CCl)nc2cccc(C)c2c1=O.Cc1ccccc1-n1c(CN)nc2cccc(C)c2c1=O.Cc1ccccc1-n1c(CNC(=O)c2nccnc2N)nc2cccc(C)c2c1=O.Cc1ccccc1NC(=O)c1c(C)cccc1N.Nc1nccnc1C(=O)O.O=C(Cl)CCl. The van der Waals surface area contributed by atoms with Gasteiger partial charge in [-0.15, -0.1) is 23.2 Å². The van der Waals surface area contributed by atoms with E-state index < -0.39 is 23.1 Å². The average Bonchev–Trinajstić information content (AvgIpc) is 0.770. The Balaban J connectivity index is 0.000000500. The van der Waals surface area contributed by atoms with Crippen LogP contribution >= 0.6 is 34.8 Å². The number of nitrogens with two attached hydrogens (primary N) is 5. The quantitative estimate of drug-likeness (QED) is 0.0294. The average molecular weight is 1720 g/mol. The van der Waals surface area contributed by atoms with Crippen molar-refractivity contribution in [2.24, 2.45) is 5.73 Å². The van der Waals surface area contributed by atoms with Crippen LogP contribution in [0.1, 0.15) is 154 Å². The molecule has 0 atom stereocenters. The largest absolute Gasteiger partial charge is 0.478 e. The predicted octanol–water partition coefficient (Wildman–Crippen LogP) is 17.5. The van der Waals surface area contributed by atoms with Crippen LogP contribution in [-0.4, -0.2) is 93.7 Å². The number of carboxylic acids is 2. The highest BCUT2D eigenvalue weighted by Gasteiger charge is 2.21. The van der Waals surface area contributed by atoms with Crippen molar-refractivity contribution in [1.82, 2.24) is 53.9 Å². The predicted molar refractivity (Wildman–Crippen MR) is 498 cm³/mol. The van der Waals surface area contributed by atoms with Gasteiger partial charge in [-0.05, 0) is 179 Å². The van der Waals surface area contributed by atoms with Gasteiger partial charge in [0, 0.05) is 41.8 Å². The van der Waals surface area contributed by atoms with Crippen molar-refractivity contribution in [2.75, 3.05) is 34.1 Å². The first-order valence-corrected chi connectivity index (χ1v) is 37.1. The summed E-state index contributed by atoms with van der Waals surface area (Å²) in [5.41, 5.74) is 42.5. The van der Waals surface area contributed by atoms with Crippen LogP contribution in [-0.2, 0) is 23.8 Å². The molecule has 14 N–H and O–H groups in total. The third-order valence-corrected chi connectivity index (χ3v) is 18.5. The van der Waals surface area contributed by atoms with Crippen LogP contribution in [0.2, 0.25) is 0 Å². The third kappa shape index (κ3) is 25.8. The highest BCUT2D eigenvalue weighted by atomic mass is 35.5. The Labute approximate surface area is 725 Å². The Kier molecular flexibility index (Phi) is 41.8. The van der Waals surface area contributed by atoms with Gasteiger partial charge in [-0.3, -0.25) is 42.5 Å². The minimum Gasteiger partial charge on any atom is -0.478 e. The zero-order valence-corrected chi connectivity index (χ0v) is 67.0. The van der Waals surface area contributed by atoms with Crippen LogP contribution in [0.4, 0.5) is 28.7 Å². The number of halogens is 3. The normalized spacial score (nSPS) is 9.88. The summed E-state index contributed by atoms with van der Waals surface area (Å²) in [6, 6.07) is 58.1. The number of nitrogens with one attached hydrogen (secondary N) is 2. The molecule has 0 bridgehead atoms. The van der Waals surface area contributed by atoms with Crippen molar-refractivity contribution in [3.63, 3.8) is 0 Å². The molecule has 0 spiro atoms. The molecule has 0 aliphatic heterocycles. The molecule has 122 heavy (non-hydrogen) atoms. The topological polar surface area (TPSA) is 436 Å². The summed E-state index contributed by atoms with van der Waals surface area (Å²) in [5.74, 6) is -1.18. The number of aryl methyl sites for hydroxylation is 9. The third-order valence-electron chi connectivity index (χ3n) is 17.7. The van der Waals surface area contributed by atoms with E-state index in [1.165, 1.54) is 24.8 Å². The molecule has 642 valence electrons. The van der Waals surface area contributed by atoms with Gasteiger partial charge in [0.05, 0.1) is 85.7 Å². The maximum absolute atomic E-state index is 13.5. The van der Waals surface area contributed by atoms with Crippen LogP contribution in [0.25, 0.3) is 49.8 Å². The molecule has 5 aromatic heterocycles. The van der Waals surface area contributed by atoms with E-state index in [1.54, 1.807) is 51.0 Å². The number of nitrogens with zero attached hydrogens (tertiary/aromatic N) is 10. The van der Waals surface area contributed by atoms with E-state index in [0.29, 0.717) is 78.4 Å². The number of hydrogen-bond acceptors (Lipinski definition) is 20. The van der Waals surface area contributed by atoms with Crippen LogP contribution in [0, 0.1) is 62.3 Å². The number of aromatic carboxylic acids is 2. The van der Waals surface area contributed by atoms with Gasteiger partial charge in [0.25, 0.3) is 28.5 Å². The fraction of sp³-hybridized carbons (Fsp3) is 0.207. The van der Waals surface area contributed by atoms with Crippen LogP contribution in [0.5, 0.6) is 0 Å². The maximum atomic E-state index is 13.5. The Morgan fingerprint density at radius 2 is 0.713 bits per heavy atom. The summed E-state index contributed by atoms with van der Waals surface area (Å²) < 4.78 is 4.80. The molecule has 14 aromatic rings. The van der Waals surface area contributed by atoms with E-state index in [9.17, 15) is 38.4 Å². The number of carbonyl (C=O) groups excluding carboxylic acids is 3. The van der Waals surface area contributed by atoms with Gasteiger partial charge in [-0.1, -0.05) is 178 Å². The standard InChI is InChI=1S/C22H20N6O2.C17H15ClN2O.C17H17N3O.C15H16N2O.C8H9NO2.C5H5N3O2.C2H2Cl2O.6CH4/c1-13-6-3-4-9-16(13)28-17(12-26-21(29)19-20(23)25-11-10-24-19)27-15-8-5-7-14(2)18(15)22(28)30;2*1-11-6-3-4-9-14(11)20-15(10-18)19-13-8-5-7-12(2)16(13)17(20)21;1-10-6-3-4-9-13(10)17-15(18)14-11(2)7-5-8-12(14)16;1-5-3-2-4-6(9)7(5)8(10)11;6-4-3(5(9)10)7-1-2-8-4;3-1-2(4)5;;;;;;/h3-11H,12H2,1-2H3,(H2,23,25)(H,26,29);3-9H,10H2,1-2H3;3-9H,10,18H2,1-2H3;3-9H,16H2,1-2H3,(H,17,18);2-4H,9H2,1H3,(H,10,11);1-2H,(H2,6,8)(H,9,10);1H2;6*1H4. The lowest BCUT2D eigenvalue weighted by atomic mass is 10.1. The molecule has 9 aromatic carbocycles. The summed E-state index contributed by atoms with van der Waals surface area (Å²) in [4.78, 5) is 123. The van der Waals surface area contributed by atoms with E-state index in [0.717, 1.165) is 61.6 Å². The number of fused-ring (bicyclic) bond motifs is 3. The molecule has 0 saturated heterocycles. The Hall–Kier alpha value is -13.9. The molecule has 27 nitrogen and oxygen atoms in total. The molecule has 2 amide bonds. The summed E-state index contributed by atoms with van der Waals surface area (Å²) in [5, 5.41) is 24.0. The monoisotopic (exact) mass is 1720 g/mol. The number of benzene rings is 9.